The first-order chi connectivity index (χ1) is 16.9. The maximum atomic E-state index is 12.8. The fourth-order valence-electron chi connectivity index (χ4n) is 4.07. The molecule has 4 aromatic rings. The number of hydrogen-bond acceptors (Lipinski definition) is 4. The number of aromatic hydroxyl groups is 1. The second-order valence-corrected chi connectivity index (χ2v) is 8.91. The molecular weight excluding hydrogens is 466 g/mol. The lowest BCUT2D eigenvalue weighted by Crippen LogP contribution is -2.26. The molecule has 0 fully saturated rings. The molecule has 1 aromatic heterocycles. The van der Waals surface area contributed by atoms with E-state index in [9.17, 15) is 19.8 Å². The van der Waals surface area contributed by atoms with Crippen molar-refractivity contribution in [3.05, 3.63) is 93.2 Å². The van der Waals surface area contributed by atoms with Crippen molar-refractivity contribution in [3.8, 4) is 22.6 Å². The van der Waals surface area contributed by atoms with Crippen LogP contribution in [0, 0.1) is 0 Å². The predicted octanol–water partition coefficient (Wildman–Crippen LogP) is 6.17. The lowest BCUT2D eigenvalue weighted by atomic mass is 9.98. The topological polar surface area (TPSA) is 99.6 Å². The highest BCUT2D eigenvalue weighted by atomic mass is 35.5. The largest absolute Gasteiger partial charge is 0.506 e. The van der Waals surface area contributed by atoms with Crippen LogP contribution in [0.3, 0.4) is 0 Å². The SMILES string of the molecule is CCCCC(Oc1ccc(Cc2cccc(-c3c(O)c4ccc(Cl)cc4[nH]c3=O)c2)cc1)C(=O)O. The average Bonchev–Trinajstić information content (AvgIpc) is 2.82. The molecule has 4 rings (SSSR count). The van der Waals surface area contributed by atoms with Gasteiger partial charge in [-0.3, -0.25) is 4.79 Å². The minimum Gasteiger partial charge on any atom is -0.506 e. The molecule has 0 saturated heterocycles. The number of H-pyrrole nitrogens is 1. The Labute approximate surface area is 207 Å². The van der Waals surface area contributed by atoms with Gasteiger partial charge in [0, 0.05) is 10.4 Å². The summed E-state index contributed by atoms with van der Waals surface area (Å²) in [6.45, 7) is 2.01. The zero-order chi connectivity index (χ0) is 24.9. The number of aliphatic carboxylic acids is 1. The minimum absolute atomic E-state index is 0.0878. The molecule has 0 aliphatic carbocycles. The Morgan fingerprint density at radius 3 is 2.54 bits per heavy atom. The molecule has 1 heterocycles. The molecule has 1 atom stereocenters. The highest BCUT2D eigenvalue weighted by Gasteiger charge is 2.19. The predicted molar refractivity (Wildman–Crippen MR) is 138 cm³/mol. The molecule has 7 heteroatoms. The Morgan fingerprint density at radius 1 is 1.06 bits per heavy atom. The van der Waals surface area contributed by atoms with Crippen LogP contribution in [0.2, 0.25) is 5.02 Å². The van der Waals surface area contributed by atoms with Gasteiger partial charge >= 0.3 is 5.97 Å². The van der Waals surface area contributed by atoms with Crippen molar-refractivity contribution in [3.63, 3.8) is 0 Å². The van der Waals surface area contributed by atoms with Gasteiger partial charge in [0.2, 0.25) is 0 Å². The smallest absolute Gasteiger partial charge is 0.344 e. The molecule has 35 heavy (non-hydrogen) atoms. The monoisotopic (exact) mass is 491 g/mol. The summed E-state index contributed by atoms with van der Waals surface area (Å²) in [4.78, 5) is 27.0. The molecule has 1 unspecified atom stereocenters. The number of carbonyl (C=O) groups is 1. The third kappa shape index (κ3) is 5.66. The summed E-state index contributed by atoms with van der Waals surface area (Å²) in [6, 6.07) is 19.7. The number of hydrogen-bond donors (Lipinski definition) is 3. The second-order valence-electron chi connectivity index (χ2n) is 8.48. The highest BCUT2D eigenvalue weighted by molar-refractivity contribution is 6.31. The van der Waals surface area contributed by atoms with E-state index in [0.717, 1.165) is 24.0 Å². The molecule has 180 valence electrons. The Morgan fingerprint density at radius 2 is 1.83 bits per heavy atom. The van der Waals surface area contributed by atoms with E-state index in [1.54, 1.807) is 36.4 Å². The average molecular weight is 492 g/mol. The van der Waals surface area contributed by atoms with Crippen molar-refractivity contribution in [2.45, 2.75) is 38.7 Å². The number of pyridine rings is 1. The second kappa shape index (κ2) is 10.7. The van der Waals surface area contributed by atoms with Crippen molar-refractivity contribution in [2.75, 3.05) is 0 Å². The molecule has 0 amide bonds. The number of halogens is 1. The van der Waals surface area contributed by atoms with Gasteiger partial charge in [-0.15, -0.1) is 0 Å². The normalized spacial score (nSPS) is 11.9. The molecule has 3 N–H and O–H groups in total. The van der Waals surface area contributed by atoms with Crippen LogP contribution in [-0.4, -0.2) is 27.3 Å². The van der Waals surface area contributed by atoms with E-state index < -0.39 is 17.6 Å². The van der Waals surface area contributed by atoms with Crippen molar-refractivity contribution in [2.24, 2.45) is 0 Å². The van der Waals surface area contributed by atoms with Crippen LogP contribution in [-0.2, 0) is 11.2 Å². The van der Waals surface area contributed by atoms with Crippen molar-refractivity contribution >= 4 is 28.5 Å². The van der Waals surface area contributed by atoms with Gasteiger partial charge in [0.15, 0.2) is 6.10 Å². The van der Waals surface area contributed by atoms with Crippen LogP contribution in [0.25, 0.3) is 22.0 Å². The van der Waals surface area contributed by atoms with Gasteiger partial charge in [0.05, 0.1) is 11.1 Å². The molecule has 0 aliphatic rings. The first-order valence-corrected chi connectivity index (χ1v) is 11.9. The number of aromatic nitrogens is 1. The van der Waals surface area contributed by atoms with Gasteiger partial charge in [-0.25, -0.2) is 4.79 Å². The van der Waals surface area contributed by atoms with Gasteiger partial charge in [0.25, 0.3) is 5.56 Å². The van der Waals surface area contributed by atoms with Gasteiger partial charge < -0.3 is 19.9 Å². The van der Waals surface area contributed by atoms with Gasteiger partial charge in [-0.2, -0.15) is 0 Å². The van der Waals surface area contributed by atoms with Crippen LogP contribution in [0.5, 0.6) is 11.5 Å². The van der Waals surface area contributed by atoms with Crippen molar-refractivity contribution in [1.82, 2.24) is 4.98 Å². The molecule has 0 saturated carbocycles. The molecule has 0 aliphatic heterocycles. The number of benzene rings is 3. The first-order valence-electron chi connectivity index (χ1n) is 11.5. The summed E-state index contributed by atoms with van der Waals surface area (Å²) < 4.78 is 5.66. The van der Waals surface area contributed by atoms with E-state index >= 15 is 0 Å². The van der Waals surface area contributed by atoms with E-state index in [2.05, 4.69) is 4.98 Å². The zero-order valence-corrected chi connectivity index (χ0v) is 20.0. The molecule has 6 nitrogen and oxygen atoms in total. The summed E-state index contributed by atoms with van der Waals surface area (Å²) in [5, 5.41) is 21.2. The van der Waals surface area contributed by atoms with Crippen molar-refractivity contribution in [1.29, 1.82) is 0 Å². The van der Waals surface area contributed by atoms with E-state index in [1.807, 2.05) is 37.3 Å². The van der Waals surface area contributed by atoms with Crippen LogP contribution < -0.4 is 10.3 Å². The maximum Gasteiger partial charge on any atom is 0.344 e. The van der Waals surface area contributed by atoms with Gasteiger partial charge in [-0.1, -0.05) is 61.3 Å². The number of fused-ring (bicyclic) bond motifs is 1. The zero-order valence-electron chi connectivity index (χ0n) is 19.3. The lowest BCUT2D eigenvalue weighted by Gasteiger charge is -2.15. The number of ether oxygens (including phenoxy) is 1. The Kier molecular flexibility index (Phi) is 7.42. The number of carboxylic acids is 1. The standard InChI is InChI=1S/C28H26ClNO5/c1-2-3-7-24(28(33)34)35-21-11-8-17(9-12-21)14-18-5-4-6-19(15-18)25-26(31)22-13-10-20(29)16-23(22)30-27(25)32/h4-6,8-13,15-16,24H,2-3,7,14H2,1H3,(H,33,34)(H2,30,31,32). The van der Waals surface area contributed by atoms with E-state index in [0.29, 0.717) is 40.1 Å². The number of nitrogens with one attached hydrogen (secondary N) is 1. The van der Waals surface area contributed by atoms with E-state index in [-0.39, 0.29) is 11.3 Å². The Bertz CT molecular complexity index is 1410. The summed E-state index contributed by atoms with van der Waals surface area (Å²) in [5.41, 5.74) is 2.85. The van der Waals surface area contributed by atoms with Crippen LogP contribution >= 0.6 is 11.6 Å². The molecule has 0 radical (unpaired) electrons. The fraction of sp³-hybridized carbons (Fsp3) is 0.214. The number of rotatable bonds is 9. The minimum atomic E-state index is -0.964. The third-order valence-electron chi connectivity index (χ3n) is 5.87. The molecule has 0 bridgehead atoms. The maximum absolute atomic E-state index is 12.8. The highest BCUT2D eigenvalue weighted by Crippen LogP contribution is 2.33. The van der Waals surface area contributed by atoms with Gasteiger partial charge in [-0.05, 0) is 66.3 Å². The van der Waals surface area contributed by atoms with E-state index in [1.165, 1.54) is 0 Å². The first kappa shape index (κ1) is 24.4. The number of carboxylic acid groups (broad SMARTS) is 1. The third-order valence-corrected chi connectivity index (χ3v) is 6.10. The van der Waals surface area contributed by atoms with Gasteiger partial charge in [0.1, 0.15) is 11.5 Å². The fourth-order valence-corrected chi connectivity index (χ4v) is 4.24. The summed E-state index contributed by atoms with van der Waals surface area (Å²) >= 11 is 6.01. The number of aromatic amines is 1. The van der Waals surface area contributed by atoms with Crippen LogP contribution in [0.1, 0.15) is 37.3 Å². The molecular formula is C28H26ClNO5. The summed E-state index contributed by atoms with van der Waals surface area (Å²) in [6.07, 6.45) is 1.89. The summed E-state index contributed by atoms with van der Waals surface area (Å²) in [5.74, 6) is -0.539. The Balaban J connectivity index is 1.55. The van der Waals surface area contributed by atoms with Crippen LogP contribution in [0.4, 0.5) is 0 Å². The quantitative estimate of drug-likeness (QED) is 0.260. The summed E-state index contributed by atoms with van der Waals surface area (Å²) in [7, 11) is 0. The molecule has 0 spiro atoms. The van der Waals surface area contributed by atoms with Crippen molar-refractivity contribution < 1.29 is 19.7 Å². The Hall–Kier alpha value is -3.77. The number of unbranched alkanes of at least 4 members (excludes halogenated alkanes) is 1. The molecule has 3 aromatic carbocycles. The van der Waals surface area contributed by atoms with Crippen LogP contribution in [0.15, 0.2) is 71.5 Å². The van der Waals surface area contributed by atoms with E-state index in [4.69, 9.17) is 16.3 Å². The lowest BCUT2D eigenvalue weighted by molar-refractivity contribution is -0.145.